The number of nitrogens with one attached hydrogen (secondary N) is 4. The molecule has 0 aromatic carbocycles. The maximum Gasteiger partial charge on any atom is 0.320 e. The van der Waals surface area contributed by atoms with E-state index < -0.39 is 0 Å². The van der Waals surface area contributed by atoms with Crippen molar-refractivity contribution in [2.45, 2.75) is 25.7 Å². The van der Waals surface area contributed by atoms with E-state index in [9.17, 15) is 9.59 Å². The second kappa shape index (κ2) is 11.4. The predicted octanol–water partition coefficient (Wildman–Crippen LogP) is 2.98. The number of amides is 4. The molecule has 0 spiro atoms. The highest BCUT2D eigenvalue weighted by molar-refractivity contribution is 5.88. The first kappa shape index (κ1) is 19.2. The molecule has 0 unspecified atom stereocenters. The first-order valence-electron chi connectivity index (χ1n) is 8.66. The molecule has 8 nitrogen and oxygen atoms in total. The van der Waals surface area contributed by atoms with Crippen LogP contribution < -0.4 is 21.3 Å². The smallest absolute Gasteiger partial charge is 0.320 e. The van der Waals surface area contributed by atoms with Gasteiger partial charge in [0.15, 0.2) is 0 Å². The van der Waals surface area contributed by atoms with Crippen molar-refractivity contribution >= 4 is 23.7 Å². The van der Waals surface area contributed by atoms with Crippen molar-refractivity contribution in [1.82, 2.24) is 20.6 Å². The van der Waals surface area contributed by atoms with Crippen LogP contribution in [0, 0.1) is 0 Å². The maximum atomic E-state index is 11.7. The third-order valence-corrected chi connectivity index (χ3v) is 3.49. The highest BCUT2D eigenvalue weighted by Gasteiger charge is 2.02. The van der Waals surface area contributed by atoms with E-state index in [4.69, 9.17) is 0 Å². The summed E-state index contributed by atoms with van der Waals surface area (Å²) in [5, 5.41) is 10.9. The molecule has 0 aliphatic rings. The van der Waals surface area contributed by atoms with Crippen LogP contribution in [0.15, 0.2) is 48.8 Å². The van der Waals surface area contributed by atoms with Crippen molar-refractivity contribution in [2.75, 3.05) is 23.7 Å². The minimum absolute atomic E-state index is 0.253. The quantitative estimate of drug-likeness (QED) is 0.518. The zero-order valence-electron chi connectivity index (χ0n) is 14.6. The second-order valence-electron chi connectivity index (χ2n) is 5.61. The largest absolute Gasteiger partial charge is 0.338 e. The van der Waals surface area contributed by atoms with Gasteiger partial charge in [0, 0.05) is 25.5 Å². The standard InChI is InChI=1S/C18H24N6O2/c25-17(23-15-9-3-7-11-19-15)21-13-5-1-2-6-14-22-18(26)24-16-10-4-8-12-20-16/h3-4,7-12H,1-2,5-6,13-14H2,(H2,19,21,23,25)(H2,20,22,24,26). The molecule has 2 aromatic rings. The molecule has 0 atom stereocenters. The lowest BCUT2D eigenvalue weighted by Crippen LogP contribution is -2.30. The molecule has 4 N–H and O–H groups in total. The first-order chi connectivity index (χ1) is 12.7. The van der Waals surface area contributed by atoms with Gasteiger partial charge in [-0.25, -0.2) is 19.6 Å². The molecule has 0 radical (unpaired) electrons. The van der Waals surface area contributed by atoms with Crippen LogP contribution in [0.4, 0.5) is 21.2 Å². The first-order valence-corrected chi connectivity index (χ1v) is 8.66. The summed E-state index contributed by atoms with van der Waals surface area (Å²) in [5.74, 6) is 1.06. The summed E-state index contributed by atoms with van der Waals surface area (Å²) in [6.07, 6.45) is 6.98. The topological polar surface area (TPSA) is 108 Å². The summed E-state index contributed by atoms with van der Waals surface area (Å²) in [6, 6.07) is 10.2. The Bertz CT molecular complexity index is 606. The Labute approximate surface area is 152 Å². The normalized spacial score (nSPS) is 10.0. The Morgan fingerprint density at radius 3 is 1.54 bits per heavy atom. The van der Waals surface area contributed by atoms with E-state index in [0.717, 1.165) is 25.7 Å². The number of aromatic nitrogens is 2. The number of carbonyl (C=O) groups excluding carboxylic acids is 2. The van der Waals surface area contributed by atoms with E-state index in [1.807, 2.05) is 12.1 Å². The second-order valence-corrected chi connectivity index (χ2v) is 5.61. The van der Waals surface area contributed by atoms with Crippen LogP contribution in [-0.4, -0.2) is 35.1 Å². The highest BCUT2D eigenvalue weighted by atomic mass is 16.2. The van der Waals surface area contributed by atoms with Gasteiger partial charge in [-0.3, -0.25) is 10.6 Å². The number of unbranched alkanes of at least 4 members (excludes halogenated alkanes) is 3. The molecule has 2 aromatic heterocycles. The van der Waals surface area contributed by atoms with Crippen LogP contribution in [-0.2, 0) is 0 Å². The zero-order chi connectivity index (χ0) is 18.5. The molecule has 0 aliphatic heterocycles. The highest BCUT2D eigenvalue weighted by Crippen LogP contribution is 2.01. The lowest BCUT2D eigenvalue weighted by atomic mass is 10.2. The summed E-state index contributed by atoms with van der Waals surface area (Å²) in [6.45, 7) is 1.21. The van der Waals surface area contributed by atoms with Gasteiger partial charge >= 0.3 is 12.1 Å². The van der Waals surface area contributed by atoms with Crippen molar-refractivity contribution in [1.29, 1.82) is 0 Å². The van der Waals surface area contributed by atoms with Gasteiger partial charge in [-0.15, -0.1) is 0 Å². The van der Waals surface area contributed by atoms with Gasteiger partial charge in [-0.05, 0) is 37.1 Å². The molecule has 0 bridgehead atoms. The van der Waals surface area contributed by atoms with Gasteiger partial charge in [-0.2, -0.15) is 0 Å². The van der Waals surface area contributed by atoms with E-state index in [-0.39, 0.29) is 12.1 Å². The fourth-order valence-electron chi connectivity index (χ4n) is 2.20. The molecule has 8 heteroatoms. The molecular weight excluding hydrogens is 332 g/mol. The Morgan fingerprint density at radius 1 is 0.692 bits per heavy atom. The molecular formula is C18H24N6O2. The zero-order valence-corrected chi connectivity index (χ0v) is 14.6. The number of nitrogens with zero attached hydrogens (tertiary/aromatic N) is 2. The monoisotopic (exact) mass is 356 g/mol. The van der Waals surface area contributed by atoms with E-state index in [2.05, 4.69) is 31.2 Å². The van der Waals surface area contributed by atoms with Gasteiger partial charge in [0.2, 0.25) is 0 Å². The van der Waals surface area contributed by atoms with Crippen LogP contribution >= 0.6 is 0 Å². The van der Waals surface area contributed by atoms with E-state index >= 15 is 0 Å². The summed E-state index contributed by atoms with van der Waals surface area (Å²) in [4.78, 5) is 31.3. The van der Waals surface area contributed by atoms with Gasteiger partial charge in [0.25, 0.3) is 0 Å². The summed E-state index contributed by atoms with van der Waals surface area (Å²) in [7, 11) is 0. The lowest BCUT2D eigenvalue weighted by molar-refractivity contribution is 0.250. The Kier molecular flexibility index (Phi) is 8.41. The Balaban J connectivity index is 1.43. The number of rotatable bonds is 9. The summed E-state index contributed by atoms with van der Waals surface area (Å²) >= 11 is 0. The van der Waals surface area contributed by atoms with E-state index in [0.29, 0.717) is 24.7 Å². The number of urea groups is 2. The molecule has 0 aliphatic carbocycles. The minimum atomic E-state index is -0.253. The van der Waals surface area contributed by atoms with Crippen LogP contribution in [0.25, 0.3) is 0 Å². The third-order valence-electron chi connectivity index (χ3n) is 3.49. The maximum absolute atomic E-state index is 11.7. The molecule has 0 saturated carbocycles. The van der Waals surface area contributed by atoms with Crippen LogP contribution in [0.5, 0.6) is 0 Å². The molecule has 0 saturated heterocycles. The van der Waals surface area contributed by atoms with Crippen LogP contribution in [0.2, 0.25) is 0 Å². The van der Waals surface area contributed by atoms with Gasteiger partial charge < -0.3 is 10.6 Å². The molecule has 26 heavy (non-hydrogen) atoms. The molecule has 138 valence electrons. The van der Waals surface area contributed by atoms with Crippen molar-refractivity contribution in [3.05, 3.63) is 48.8 Å². The number of pyridine rings is 2. The minimum Gasteiger partial charge on any atom is -0.338 e. The van der Waals surface area contributed by atoms with Crippen molar-refractivity contribution in [3.8, 4) is 0 Å². The van der Waals surface area contributed by atoms with E-state index in [1.54, 1.807) is 36.7 Å². The molecule has 4 amide bonds. The Hall–Kier alpha value is -3.16. The number of hydrogen-bond acceptors (Lipinski definition) is 4. The molecule has 2 heterocycles. The predicted molar refractivity (Wildman–Crippen MR) is 101 cm³/mol. The summed E-state index contributed by atoms with van der Waals surface area (Å²) in [5.41, 5.74) is 0. The SMILES string of the molecule is O=C(NCCCCCCNC(=O)Nc1ccccn1)Nc1ccccn1. The molecule has 0 fully saturated rings. The average molecular weight is 356 g/mol. The van der Waals surface area contributed by atoms with Crippen molar-refractivity contribution in [3.63, 3.8) is 0 Å². The fourth-order valence-corrected chi connectivity index (χ4v) is 2.20. The fraction of sp³-hybridized carbons (Fsp3) is 0.333. The van der Waals surface area contributed by atoms with Crippen LogP contribution in [0.1, 0.15) is 25.7 Å². The van der Waals surface area contributed by atoms with Crippen LogP contribution in [0.3, 0.4) is 0 Å². The number of carbonyl (C=O) groups is 2. The van der Waals surface area contributed by atoms with E-state index in [1.165, 1.54) is 0 Å². The van der Waals surface area contributed by atoms with Gasteiger partial charge in [-0.1, -0.05) is 25.0 Å². The number of hydrogen-bond donors (Lipinski definition) is 4. The van der Waals surface area contributed by atoms with Gasteiger partial charge in [0.05, 0.1) is 0 Å². The Morgan fingerprint density at radius 2 is 1.15 bits per heavy atom. The average Bonchev–Trinajstić information content (AvgIpc) is 2.65. The lowest BCUT2D eigenvalue weighted by Gasteiger charge is -2.08. The van der Waals surface area contributed by atoms with Crippen molar-refractivity contribution < 1.29 is 9.59 Å². The van der Waals surface area contributed by atoms with Crippen molar-refractivity contribution in [2.24, 2.45) is 0 Å². The van der Waals surface area contributed by atoms with Gasteiger partial charge in [0.1, 0.15) is 11.6 Å². The summed E-state index contributed by atoms with van der Waals surface area (Å²) < 4.78 is 0. The third kappa shape index (κ3) is 8.09. The number of anilines is 2. The molecule has 2 rings (SSSR count).